The number of halogens is 4. The highest BCUT2D eigenvalue weighted by molar-refractivity contribution is 7.80. The van der Waals surface area contributed by atoms with E-state index in [1.165, 1.54) is 18.2 Å². The molecule has 9 heteroatoms. The van der Waals surface area contributed by atoms with Gasteiger partial charge in [0, 0.05) is 5.02 Å². The van der Waals surface area contributed by atoms with E-state index in [1.54, 1.807) is 17.7 Å². The fourth-order valence-corrected chi connectivity index (χ4v) is 3.33. The average molecular weight is 439 g/mol. The summed E-state index contributed by atoms with van der Waals surface area (Å²) in [5.74, 6) is 0. The van der Waals surface area contributed by atoms with Gasteiger partial charge in [0.2, 0.25) is 0 Å². The number of hydrogen-bond donors (Lipinski definition) is 2. The minimum absolute atomic E-state index is 0.0465. The van der Waals surface area contributed by atoms with Crippen LogP contribution in [0.15, 0.2) is 48.5 Å². The van der Waals surface area contributed by atoms with Gasteiger partial charge in [-0.15, -0.1) is 0 Å². The quantitative estimate of drug-likeness (QED) is 0.488. The van der Waals surface area contributed by atoms with Gasteiger partial charge in [0.1, 0.15) is 0 Å². The van der Waals surface area contributed by atoms with E-state index in [-0.39, 0.29) is 10.8 Å². The van der Waals surface area contributed by atoms with Gasteiger partial charge in [0.15, 0.2) is 5.11 Å². The first-order valence-electron chi connectivity index (χ1n) is 8.68. The van der Waals surface area contributed by atoms with Crippen LogP contribution in [0.5, 0.6) is 0 Å². The Morgan fingerprint density at radius 2 is 1.72 bits per heavy atom. The predicted molar refractivity (Wildman–Crippen MR) is 114 cm³/mol. The number of alkyl halides is 3. The van der Waals surface area contributed by atoms with Crippen LogP contribution in [0.1, 0.15) is 22.5 Å². The summed E-state index contributed by atoms with van der Waals surface area (Å²) >= 11 is 11.5. The maximum atomic E-state index is 13.2. The van der Waals surface area contributed by atoms with E-state index in [1.807, 2.05) is 25.1 Å². The van der Waals surface area contributed by atoms with Crippen LogP contribution in [0.3, 0.4) is 0 Å². The lowest BCUT2D eigenvalue weighted by Gasteiger charge is -2.16. The van der Waals surface area contributed by atoms with Crippen LogP contribution >= 0.6 is 23.8 Å². The Balaban J connectivity index is 1.79. The van der Waals surface area contributed by atoms with E-state index in [9.17, 15) is 13.2 Å². The first kappa shape index (κ1) is 21.1. The molecule has 0 aliphatic rings. The molecule has 0 saturated heterocycles. The molecule has 1 aromatic heterocycles. The molecule has 1 heterocycles. The third-order valence-electron chi connectivity index (χ3n) is 4.38. The van der Waals surface area contributed by atoms with Crippen LogP contribution in [0.25, 0.3) is 0 Å². The van der Waals surface area contributed by atoms with Gasteiger partial charge in [-0.2, -0.15) is 18.3 Å². The number of nitrogens with zero attached hydrogens (tertiary/aromatic N) is 2. The number of para-hydroxylation sites is 1. The zero-order valence-corrected chi connectivity index (χ0v) is 17.2. The molecule has 0 spiro atoms. The summed E-state index contributed by atoms with van der Waals surface area (Å²) in [4.78, 5) is 0. The highest BCUT2D eigenvalue weighted by Crippen LogP contribution is 2.34. The van der Waals surface area contributed by atoms with Crippen molar-refractivity contribution in [3.05, 3.63) is 76.1 Å². The van der Waals surface area contributed by atoms with Gasteiger partial charge in [0.25, 0.3) is 0 Å². The Morgan fingerprint density at radius 3 is 2.41 bits per heavy atom. The molecule has 0 amide bonds. The normalized spacial score (nSPS) is 11.4. The van der Waals surface area contributed by atoms with Crippen LogP contribution in [0, 0.1) is 13.8 Å². The Morgan fingerprint density at radius 1 is 1.07 bits per heavy atom. The number of thiocarbonyl (C=S) groups is 1. The molecule has 2 N–H and O–H groups in total. The minimum Gasteiger partial charge on any atom is -0.332 e. The van der Waals surface area contributed by atoms with E-state index in [2.05, 4.69) is 15.7 Å². The van der Waals surface area contributed by atoms with Gasteiger partial charge in [-0.1, -0.05) is 41.9 Å². The van der Waals surface area contributed by atoms with Crippen LogP contribution in [-0.4, -0.2) is 14.9 Å². The summed E-state index contributed by atoms with van der Waals surface area (Å²) in [7, 11) is 0. The summed E-state index contributed by atoms with van der Waals surface area (Å²) in [5.41, 5.74) is 2.10. The Hall–Kier alpha value is -2.58. The monoisotopic (exact) mass is 438 g/mol. The van der Waals surface area contributed by atoms with Crippen molar-refractivity contribution in [3.63, 3.8) is 0 Å². The largest absolute Gasteiger partial charge is 0.418 e. The number of nitrogens with one attached hydrogen (secondary N) is 2. The van der Waals surface area contributed by atoms with Gasteiger partial charge in [-0.3, -0.25) is 4.68 Å². The van der Waals surface area contributed by atoms with Crippen LogP contribution in [0.2, 0.25) is 5.02 Å². The second-order valence-electron chi connectivity index (χ2n) is 6.42. The van der Waals surface area contributed by atoms with Gasteiger partial charge in [0.05, 0.1) is 34.9 Å². The molecule has 0 aliphatic heterocycles. The second kappa shape index (κ2) is 8.42. The van der Waals surface area contributed by atoms with Gasteiger partial charge in [-0.05, 0) is 49.8 Å². The smallest absolute Gasteiger partial charge is 0.332 e. The number of anilines is 2. The molecule has 0 bridgehead atoms. The van der Waals surface area contributed by atoms with E-state index >= 15 is 0 Å². The number of aryl methyl sites for hydroxylation is 1. The molecule has 0 radical (unpaired) electrons. The fraction of sp³-hybridized carbons (Fsp3) is 0.200. The molecular weight excluding hydrogens is 421 g/mol. The molecule has 2 aromatic carbocycles. The van der Waals surface area contributed by atoms with Crippen LogP contribution in [0.4, 0.5) is 24.5 Å². The lowest BCUT2D eigenvalue weighted by Crippen LogP contribution is -2.22. The summed E-state index contributed by atoms with van der Waals surface area (Å²) in [6.07, 6.45) is -4.48. The third-order valence-corrected chi connectivity index (χ3v) is 4.95. The zero-order valence-electron chi connectivity index (χ0n) is 15.6. The van der Waals surface area contributed by atoms with Gasteiger partial charge >= 0.3 is 6.18 Å². The van der Waals surface area contributed by atoms with Crippen molar-refractivity contribution >= 4 is 40.3 Å². The Labute approximate surface area is 176 Å². The van der Waals surface area contributed by atoms with E-state index in [0.717, 1.165) is 17.3 Å². The molecule has 4 nitrogen and oxygen atoms in total. The van der Waals surface area contributed by atoms with E-state index in [4.69, 9.17) is 23.8 Å². The molecule has 3 aromatic rings. The van der Waals surface area contributed by atoms with Crippen molar-refractivity contribution < 1.29 is 13.2 Å². The lowest BCUT2D eigenvalue weighted by molar-refractivity contribution is -0.136. The molecule has 0 saturated carbocycles. The summed E-state index contributed by atoms with van der Waals surface area (Å²) in [6, 6.07) is 12.6. The number of benzene rings is 2. The maximum Gasteiger partial charge on any atom is 0.418 e. The van der Waals surface area contributed by atoms with E-state index in [0.29, 0.717) is 22.9 Å². The molecular formula is C20H18ClF3N4S. The SMILES string of the molecule is Cc1nn(Cc2ccccc2Cl)c(C)c1NC(=S)Nc1ccccc1C(F)(F)F. The predicted octanol–water partition coefficient (Wildman–Crippen LogP) is 6.03. The van der Waals surface area contributed by atoms with Crippen molar-refractivity contribution in [2.75, 3.05) is 10.6 Å². The highest BCUT2D eigenvalue weighted by atomic mass is 35.5. The second-order valence-corrected chi connectivity index (χ2v) is 7.23. The van der Waals surface area contributed by atoms with Gasteiger partial charge < -0.3 is 10.6 Å². The number of rotatable bonds is 4. The van der Waals surface area contributed by atoms with Crippen molar-refractivity contribution in [1.82, 2.24) is 9.78 Å². The molecule has 0 aliphatic carbocycles. The summed E-state index contributed by atoms with van der Waals surface area (Å²) in [6.45, 7) is 4.11. The Kier molecular flexibility index (Phi) is 6.14. The summed E-state index contributed by atoms with van der Waals surface area (Å²) < 4.78 is 41.3. The van der Waals surface area contributed by atoms with Crippen LogP contribution < -0.4 is 10.6 Å². The first-order chi connectivity index (χ1) is 13.7. The molecule has 0 fully saturated rings. The van der Waals surface area contributed by atoms with Crippen LogP contribution in [-0.2, 0) is 12.7 Å². The van der Waals surface area contributed by atoms with Crippen molar-refractivity contribution in [3.8, 4) is 0 Å². The molecule has 3 rings (SSSR count). The standard InChI is InChI=1S/C20H18ClF3N4S/c1-12-18(13(2)28(27-12)11-14-7-3-5-9-16(14)21)26-19(29)25-17-10-6-4-8-15(17)20(22,23)24/h3-10H,11H2,1-2H3,(H2,25,26,29). The highest BCUT2D eigenvalue weighted by Gasteiger charge is 2.33. The van der Waals surface area contributed by atoms with Crippen molar-refractivity contribution in [2.24, 2.45) is 0 Å². The summed E-state index contributed by atoms with van der Waals surface area (Å²) in [5, 5.41) is 10.8. The van der Waals surface area contributed by atoms with E-state index < -0.39 is 11.7 Å². The molecule has 152 valence electrons. The van der Waals surface area contributed by atoms with Crippen molar-refractivity contribution in [2.45, 2.75) is 26.6 Å². The number of hydrogen-bond acceptors (Lipinski definition) is 2. The van der Waals surface area contributed by atoms with Crippen molar-refractivity contribution in [1.29, 1.82) is 0 Å². The fourth-order valence-electron chi connectivity index (χ4n) is 2.93. The third kappa shape index (κ3) is 4.89. The maximum absolute atomic E-state index is 13.2. The lowest BCUT2D eigenvalue weighted by atomic mass is 10.1. The average Bonchev–Trinajstić information content (AvgIpc) is 2.90. The molecule has 0 unspecified atom stereocenters. The Bertz CT molecular complexity index is 1050. The first-order valence-corrected chi connectivity index (χ1v) is 9.47. The topological polar surface area (TPSA) is 41.9 Å². The molecule has 0 atom stereocenters. The zero-order chi connectivity index (χ0) is 21.2. The molecule has 29 heavy (non-hydrogen) atoms. The number of aromatic nitrogens is 2. The van der Waals surface area contributed by atoms with Gasteiger partial charge in [-0.25, -0.2) is 0 Å². The minimum atomic E-state index is -4.48.